The van der Waals surface area contributed by atoms with Crippen LogP contribution in [0.15, 0.2) is 53.0 Å². The van der Waals surface area contributed by atoms with Gasteiger partial charge < -0.3 is 15.2 Å². The van der Waals surface area contributed by atoms with Crippen LogP contribution in [-0.2, 0) is 6.42 Å². The van der Waals surface area contributed by atoms with Crippen LogP contribution in [0.4, 0.5) is 0 Å². The van der Waals surface area contributed by atoms with Gasteiger partial charge in [-0.2, -0.15) is 0 Å². The summed E-state index contributed by atoms with van der Waals surface area (Å²) in [7, 11) is 1.84. The van der Waals surface area contributed by atoms with Crippen molar-refractivity contribution in [2.75, 3.05) is 13.6 Å². The first-order valence-corrected chi connectivity index (χ1v) is 7.79. The highest BCUT2D eigenvalue weighted by molar-refractivity contribution is 9.10. The summed E-state index contributed by atoms with van der Waals surface area (Å²) in [5.41, 5.74) is 1.27. The van der Waals surface area contributed by atoms with E-state index in [1.165, 1.54) is 0 Å². The second kappa shape index (κ2) is 5.79. The van der Waals surface area contributed by atoms with Crippen LogP contribution in [0.5, 0.6) is 5.75 Å². The molecule has 0 saturated heterocycles. The molecule has 1 aliphatic rings. The zero-order valence-corrected chi connectivity index (χ0v) is 13.4. The molecule has 0 aromatic heterocycles. The molecule has 0 saturated carbocycles. The molecule has 0 heterocycles. The fraction of sp³-hybridized carbons (Fsp3) is 0.294. The van der Waals surface area contributed by atoms with Crippen LogP contribution in [0.25, 0.3) is 0 Å². The summed E-state index contributed by atoms with van der Waals surface area (Å²) >= 11 is 3.50. The lowest BCUT2D eigenvalue weighted by Gasteiger charge is -2.31. The van der Waals surface area contributed by atoms with E-state index in [9.17, 15) is 5.11 Å². The Morgan fingerprint density at radius 2 is 1.95 bits per heavy atom. The zero-order valence-electron chi connectivity index (χ0n) is 11.8. The Bertz CT molecular complexity index is 646. The van der Waals surface area contributed by atoms with Crippen molar-refractivity contribution in [3.8, 4) is 5.75 Å². The van der Waals surface area contributed by atoms with Crippen LogP contribution >= 0.6 is 15.9 Å². The van der Waals surface area contributed by atoms with Crippen LogP contribution in [0.3, 0.4) is 0 Å². The van der Waals surface area contributed by atoms with E-state index < -0.39 is 5.60 Å². The van der Waals surface area contributed by atoms with Crippen LogP contribution in [-0.4, -0.2) is 24.3 Å². The Kier molecular flexibility index (Phi) is 4.02. The highest BCUT2D eigenvalue weighted by Crippen LogP contribution is 2.43. The number of halogens is 1. The SMILES string of the molecule is CNCC1(O)Cc2ccccc2C1Oc1ccccc1Br. The molecule has 1 aliphatic carbocycles. The minimum absolute atomic E-state index is 0.375. The Morgan fingerprint density at radius 1 is 1.24 bits per heavy atom. The van der Waals surface area contributed by atoms with E-state index in [0.717, 1.165) is 21.3 Å². The van der Waals surface area contributed by atoms with Gasteiger partial charge in [-0.15, -0.1) is 0 Å². The molecule has 0 bridgehead atoms. The van der Waals surface area contributed by atoms with Gasteiger partial charge in [-0.1, -0.05) is 36.4 Å². The van der Waals surface area contributed by atoms with Crippen molar-refractivity contribution in [3.05, 3.63) is 64.1 Å². The summed E-state index contributed by atoms with van der Waals surface area (Å²) in [6.07, 6.45) is 0.221. The number of nitrogens with one attached hydrogen (secondary N) is 1. The smallest absolute Gasteiger partial charge is 0.154 e. The van der Waals surface area contributed by atoms with Gasteiger partial charge in [0.2, 0.25) is 0 Å². The van der Waals surface area contributed by atoms with E-state index >= 15 is 0 Å². The van der Waals surface area contributed by atoms with Gasteiger partial charge in [0.05, 0.1) is 4.47 Å². The number of aliphatic hydroxyl groups is 1. The minimum atomic E-state index is -0.937. The largest absolute Gasteiger partial charge is 0.481 e. The van der Waals surface area contributed by atoms with Gasteiger partial charge in [0, 0.05) is 13.0 Å². The molecule has 2 N–H and O–H groups in total. The standard InChI is InChI=1S/C17H18BrNO2/c1-19-11-17(20)10-12-6-2-3-7-13(12)16(17)21-15-9-5-4-8-14(15)18/h2-9,16,19-20H,10-11H2,1H3. The van der Waals surface area contributed by atoms with Crippen LogP contribution in [0, 0.1) is 0 Å². The van der Waals surface area contributed by atoms with Crippen molar-refractivity contribution in [1.82, 2.24) is 5.32 Å². The molecule has 2 aromatic rings. The quantitative estimate of drug-likeness (QED) is 0.892. The fourth-order valence-corrected chi connectivity index (χ4v) is 3.34. The minimum Gasteiger partial charge on any atom is -0.481 e. The normalized spacial score (nSPS) is 23.9. The van der Waals surface area contributed by atoms with Crippen molar-refractivity contribution in [2.24, 2.45) is 0 Å². The zero-order chi connectivity index (χ0) is 14.9. The lowest BCUT2D eigenvalue weighted by Crippen LogP contribution is -2.45. The lowest BCUT2D eigenvalue weighted by atomic mass is 9.97. The van der Waals surface area contributed by atoms with E-state index in [0.29, 0.717) is 13.0 Å². The summed E-state index contributed by atoms with van der Waals surface area (Å²) in [6.45, 7) is 0.483. The fourth-order valence-electron chi connectivity index (χ4n) is 2.96. The van der Waals surface area contributed by atoms with E-state index in [4.69, 9.17) is 4.74 Å². The number of likely N-dealkylation sites (N-methyl/N-ethyl adjacent to an activating group) is 1. The Labute approximate surface area is 133 Å². The van der Waals surface area contributed by atoms with Crippen molar-refractivity contribution in [2.45, 2.75) is 18.1 Å². The first kappa shape index (κ1) is 14.6. The molecule has 3 nitrogen and oxygen atoms in total. The van der Waals surface area contributed by atoms with Gasteiger partial charge in [0.1, 0.15) is 11.4 Å². The molecule has 2 aromatic carbocycles. The lowest BCUT2D eigenvalue weighted by molar-refractivity contribution is -0.0487. The number of hydrogen-bond donors (Lipinski definition) is 2. The summed E-state index contributed by atoms with van der Waals surface area (Å²) < 4.78 is 7.05. The summed E-state index contributed by atoms with van der Waals surface area (Å²) in [6, 6.07) is 15.8. The van der Waals surface area contributed by atoms with E-state index in [1.807, 2.05) is 49.5 Å². The number of benzene rings is 2. The third-order valence-electron chi connectivity index (χ3n) is 3.89. The summed E-state index contributed by atoms with van der Waals surface area (Å²) in [4.78, 5) is 0. The van der Waals surface area contributed by atoms with E-state index in [1.54, 1.807) is 0 Å². The monoisotopic (exact) mass is 347 g/mol. The van der Waals surface area contributed by atoms with Crippen molar-refractivity contribution < 1.29 is 9.84 Å². The summed E-state index contributed by atoms with van der Waals surface area (Å²) in [5.74, 6) is 0.744. The molecular weight excluding hydrogens is 330 g/mol. The highest BCUT2D eigenvalue weighted by atomic mass is 79.9. The second-order valence-corrected chi connectivity index (χ2v) is 6.29. The van der Waals surface area contributed by atoms with Crippen molar-refractivity contribution >= 4 is 15.9 Å². The number of rotatable bonds is 4. The Morgan fingerprint density at radius 3 is 2.71 bits per heavy atom. The van der Waals surface area contributed by atoms with Crippen LogP contribution in [0.1, 0.15) is 17.2 Å². The van der Waals surface area contributed by atoms with Gasteiger partial charge >= 0.3 is 0 Å². The highest BCUT2D eigenvalue weighted by Gasteiger charge is 2.46. The number of fused-ring (bicyclic) bond motifs is 1. The molecule has 0 fully saturated rings. The topological polar surface area (TPSA) is 41.5 Å². The molecule has 0 aliphatic heterocycles. The average molecular weight is 348 g/mol. The predicted molar refractivity (Wildman–Crippen MR) is 86.5 cm³/mol. The Balaban J connectivity index is 1.98. The maximum absolute atomic E-state index is 11.0. The molecule has 4 heteroatoms. The third-order valence-corrected chi connectivity index (χ3v) is 4.54. The number of hydrogen-bond acceptors (Lipinski definition) is 3. The van der Waals surface area contributed by atoms with Gasteiger partial charge in [-0.25, -0.2) is 0 Å². The molecular formula is C17H18BrNO2. The Hall–Kier alpha value is -1.36. The number of para-hydroxylation sites is 1. The predicted octanol–water partition coefficient (Wildman–Crippen LogP) is 3.08. The van der Waals surface area contributed by atoms with Gasteiger partial charge in [0.15, 0.2) is 6.10 Å². The number of ether oxygens (including phenoxy) is 1. The summed E-state index contributed by atoms with van der Waals surface area (Å²) in [5, 5.41) is 14.1. The molecule has 0 spiro atoms. The maximum atomic E-state index is 11.0. The maximum Gasteiger partial charge on any atom is 0.154 e. The van der Waals surface area contributed by atoms with Crippen molar-refractivity contribution in [3.63, 3.8) is 0 Å². The molecule has 2 unspecified atom stereocenters. The molecule has 0 amide bonds. The molecule has 2 atom stereocenters. The molecule has 0 radical (unpaired) electrons. The van der Waals surface area contributed by atoms with Crippen LogP contribution in [0.2, 0.25) is 0 Å². The first-order valence-electron chi connectivity index (χ1n) is 7.00. The van der Waals surface area contributed by atoms with E-state index in [-0.39, 0.29) is 6.10 Å². The first-order chi connectivity index (χ1) is 10.1. The molecule has 21 heavy (non-hydrogen) atoms. The van der Waals surface area contributed by atoms with E-state index in [2.05, 4.69) is 27.3 Å². The van der Waals surface area contributed by atoms with Gasteiger partial charge in [-0.05, 0) is 46.2 Å². The van der Waals surface area contributed by atoms with Gasteiger partial charge in [0.25, 0.3) is 0 Å². The van der Waals surface area contributed by atoms with Crippen molar-refractivity contribution in [1.29, 1.82) is 0 Å². The average Bonchev–Trinajstić information content (AvgIpc) is 2.74. The third kappa shape index (κ3) is 2.71. The van der Waals surface area contributed by atoms with Gasteiger partial charge in [-0.3, -0.25) is 0 Å². The molecule has 3 rings (SSSR count). The van der Waals surface area contributed by atoms with Crippen LogP contribution < -0.4 is 10.1 Å². The molecule has 110 valence electrons. The second-order valence-electron chi connectivity index (χ2n) is 5.44.